The van der Waals surface area contributed by atoms with Crippen LogP contribution in [0, 0.1) is 6.92 Å². The summed E-state index contributed by atoms with van der Waals surface area (Å²) >= 11 is 6.22. The van der Waals surface area contributed by atoms with Crippen LogP contribution in [0.5, 0.6) is 0 Å². The predicted molar refractivity (Wildman–Crippen MR) is 74.4 cm³/mol. The zero-order valence-electron chi connectivity index (χ0n) is 10.8. The summed E-state index contributed by atoms with van der Waals surface area (Å²) in [6.45, 7) is 3.34. The van der Waals surface area contributed by atoms with E-state index in [1.165, 1.54) is 11.1 Å². The molecule has 0 saturated heterocycles. The van der Waals surface area contributed by atoms with Crippen LogP contribution in [0.1, 0.15) is 28.2 Å². The van der Waals surface area contributed by atoms with Crippen molar-refractivity contribution in [3.05, 3.63) is 57.6 Å². The molecule has 0 fully saturated rings. The lowest BCUT2D eigenvalue weighted by atomic mass is 10.1. The molecule has 3 nitrogen and oxygen atoms in total. The molecule has 0 saturated carbocycles. The van der Waals surface area contributed by atoms with E-state index < -0.39 is 0 Å². The summed E-state index contributed by atoms with van der Waals surface area (Å²) in [6, 6.07) is 8.28. The minimum Gasteiger partial charge on any atom is -0.376 e. The summed E-state index contributed by atoms with van der Waals surface area (Å²) < 4.78 is 5.39. The van der Waals surface area contributed by atoms with E-state index in [9.17, 15) is 0 Å². The fraction of sp³-hybridized carbons (Fsp3) is 0.333. The van der Waals surface area contributed by atoms with Gasteiger partial charge in [0.05, 0.1) is 18.9 Å². The third kappa shape index (κ3) is 2.62. The van der Waals surface area contributed by atoms with Crippen molar-refractivity contribution in [1.82, 2.24) is 9.97 Å². The van der Waals surface area contributed by atoms with Crippen LogP contribution >= 0.6 is 11.6 Å². The van der Waals surface area contributed by atoms with Crippen LogP contribution in [0.25, 0.3) is 0 Å². The van der Waals surface area contributed by atoms with Crippen molar-refractivity contribution in [2.45, 2.75) is 26.4 Å². The first kappa shape index (κ1) is 12.6. The van der Waals surface area contributed by atoms with Gasteiger partial charge in [0.15, 0.2) is 0 Å². The zero-order valence-corrected chi connectivity index (χ0v) is 11.6. The van der Waals surface area contributed by atoms with Gasteiger partial charge >= 0.3 is 0 Å². The van der Waals surface area contributed by atoms with E-state index in [1.54, 1.807) is 0 Å². The molecule has 1 aliphatic rings. The first-order valence-electron chi connectivity index (χ1n) is 6.40. The predicted octanol–water partition coefficient (Wildman–Crippen LogP) is 3.10. The Hall–Kier alpha value is -1.45. The Bertz CT molecular complexity index is 613. The van der Waals surface area contributed by atoms with Crippen molar-refractivity contribution in [3.63, 3.8) is 0 Å². The minimum atomic E-state index is 0.527. The monoisotopic (exact) mass is 274 g/mol. The fourth-order valence-corrected chi connectivity index (χ4v) is 2.56. The van der Waals surface area contributed by atoms with E-state index in [1.807, 2.05) is 12.1 Å². The van der Waals surface area contributed by atoms with E-state index in [-0.39, 0.29) is 0 Å². The second-order valence-electron chi connectivity index (χ2n) is 4.76. The highest BCUT2D eigenvalue weighted by atomic mass is 35.5. The topological polar surface area (TPSA) is 35.0 Å². The summed E-state index contributed by atoms with van der Waals surface area (Å²) in [5.74, 6) is 0.792. The van der Waals surface area contributed by atoms with Crippen molar-refractivity contribution in [1.29, 1.82) is 0 Å². The molecule has 0 atom stereocenters. The molecule has 0 bridgehead atoms. The Morgan fingerprint density at radius 2 is 2.11 bits per heavy atom. The molecular weight excluding hydrogens is 260 g/mol. The van der Waals surface area contributed by atoms with Crippen LogP contribution in [-0.4, -0.2) is 16.6 Å². The van der Waals surface area contributed by atoms with Crippen molar-refractivity contribution >= 4 is 11.6 Å². The standard InChI is InChI=1S/C15H15ClN2O/c1-10-4-2-3-5-11(10)8-14-17-13-6-7-19-9-12(13)15(16)18-14/h2-5H,6-9H2,1H3. The van der Waals surface area contributed by atoms with Gasteiger partial charge in [-0.05, 0) is 18.1 Å². The fourth-order valence-electron chi connectivity index (χ4n) is 2.30. The van der Waals surface area contributed by atoms with Gasteiger partial charge in [0.25, 0.3) is 0 Å². The van der Waals surface area contributed by atoms with Crippen LogP contribution in [-0.2, 0) is 24.2 Å². The van der Waals surface area contributed by atoms with Crippen LogP contribution in [0.3, 0.4) is 0 Å². The third-order valence-corrected chi connectivity index (χ3v) is 3.74. The van der Waals surface area contributed by atoms with Crippen molar-refractivity contribution in [2.75, 3.05) is 6.61 Å². The van der Waals surface area contributed by atoms with Gasteiger partial charge in [-0.25, -0.2) is 9.97 Å². The van der Waals surface area contributed by atoms with Gasteiger partial charge in [-0.1, -0.05) is 35.9 Å². The molecular formula is C15H15ClN2O. The molecule has 1 aliphatic heterocycles. The van der Waals surface area contributed by atoms with Crippen molar-refractivity contribution < 1.29 is 4.74 Å². The molecule has 0 amide bonds. The molecule has 0 spiro atoms. The summed E-state index contributed by atoms with van der Waals surface area (Å²) in [4.78, 5) is 9.03. The Labute approximate surface area is 117 Å². The number of nitrogens with zero attached hydrogens (tertiary/aromatic N) is 2. The number of aromatic nitrogens is 2. The molecule has 19 heavy (non-hydrogen) atoms. The van der Waals surface area contributed by atoms with E-state index in [4.69, 9.17) is 16.3 Å². The first-order valence-corrected chi connectivity index (χ1v) is 6.78. The van der Waals surface area contributed by atoms with E-state index in [2.05, 4.69) is 29.0 Å². The number of aryl methyl sites for hydroxylation is 1. The quantitative estimate of drug-likeness (QED) is 0.790. The molecule has 4 heteroatoms. The molecule has 3 rings (SSSR count). The van der Waals surface area contributed by atoms with E-state index >= 15 is 0 Å². The lowest BCUT2D eigenvalue weighted by Crippen LogP contribution is -2.15. The molecule has 1 aromatic heterocycles. The zero-order chi connectivity index (χ0) is 13.2. The lowest BCUT2D eigenvalue weighted by molar-refractivity contribution is 0.109. The number of hydrogen-bond acceptors (Lipinski definition) is 3. The van der Waals surface area contributed by atoms with Gasteiger partial charge in [-0.3, -0.25) is 0 Å². The average Bonchev–Trinajstić information content (AvgIpc) is 2.42. The van der Waals surface area contributed by atoms with E-state index in [0.717, 1.165) is 29.9 Å². The molecule has 0 aliphatic carbocycles. The summed E-state index contributed by atoms with van der Waals surface area (Å²) in [5, 5.41) is 0.535. The largest absolute Gasteiger partial charge is 0.376 e. The number of hydrogen-bond donors (Lipinski definition) is 0. The third-order valence-electron chi connectivity index (χ3n) is 3.43. The molecule has 98 valence electrons. The maximum Gasteiger partial charge on any atom is 0.138 e. The Morgan fingerprint density at radius 3 is 2.95 bits per heavy atom. The Kier molecular flexibility index (Phi) is 3.49. The highest BCUT2D eigenvalue weighted by Crippen LogP contribution is 2.23. The Morgan fingerprint density at radius 1 is 1.26 bits per heavy atom. The smallest absolute Gasteiger partial charge is 0.138 e. The maximum absolute atomic E-state index is 6.22. The molecule has 0 unspecified atom stereocenters. The highest BCUT2D eigenvalue weighted by Gasteiger charge is 2.17. The number of ether oxygens (including phenoxy) is 1. The SMILES string of the molecule is Cc1ccccc1Cc1nc(Cl)c2c(n1)CCOC2. The van der Waals surface area contributed by atoms with Crippen LogP contribution < -0.4 is 0 Å². The maximum atomic E-state index is 6.22. The number of fused-ring (bicyclic) bond motifs is 1. The molecule has 2 heterocycles. The van der Waals surface area contributed by atoms with E-state index in [0.29, 0.717) is 18.4 Å². The number of halogens is 1. The second kappa shape index (κ2) is 5.27. The van der Waals surface area contributed by atoms with Gasteiger partial charge in [0.2, 0.25) is 0 Å². The minimum absolute atomic E-state index is 0.527. The normalized spacial score (nSPS) is 14.2. The van der Waals surface area contributed by atoms with Crippen LogP contribution in [0.4, 0.5) is 0 Å². The molecule has 1 aromatic carbocycles. The second-order valence-corrected chi connectivity index (χ2v) is 5.12. The average molecular weight is 275 g/mol. The van der Waals surface area contributed by atoms with Crippen LogP contribution in [0.15, 0.2) is 24.3 Å². The first-order chi connectivity index (χ1) is 9.24. The van der Waals surface area contributed by atoms with Gasteiger partial charge < -0.3 is 4.74 Å². The highest BCUT2D eigenvalue weighted by molar-refractivity contribution is 6.30. The lowest BCUT2D eigenvalue weighted by Gasteiger charge is -2.17. The summed E-state index contributed by atoms with van der Waals surface area (Å²) in [6.07, 6.45) is 1.54. The van der Waals surface area contributed by atoms with Crippen molar-refractivity contribution in [2.24, 2.45) is 0 Å². The van der Waals surface area contributed by atoms with Gasteiger partial charge in [-0.15, -0.1) is 0 Å². The summed E-state index contributed by atoms with van der Waals surface area (Å²) in [7, 11) is 0. The van der Waals surface area contributed by atoms with Gasteiger partial charge in [0.1, 0.15) is 11.0 Å². The molecule has 0 N–H and O–H groups in total. The Balaban J connectivity index is 1.94. The number of rotatable bonds is 2. The van der Waals surface area contributed by atoms with Gasteiger partial charge in [0, 0.05) is 18.4 Å². The number of benzene rings is 1. The summed E-state index contributed by atoms with van der Waals surface area (Å²) in [5.41, 5.74) is 4.48. The van der Waals surface area contributed by atoms with Gasteiger partial charge in [-0.2, -0.15) is 0 Å². The van der Waals surface area contributed by atoms with Crippen molar-refractivity contribution in [3.8, 4) is 0 Å². The molecule has 2 aromatic rings. The van der Waals surface area contributed by atoms with Crippen LogP contribution in [0.2, 0.25) is 5.15 Å². The molecule has 0 radical (unpaired) electrons.